The summed E-state index contributed by atoms with van der Waals surface area (Å²) in [5.41, 5.74) is 8.28. The van der Waals surface area contributed by atoms with Crippen molar-refractivity contribution in [1.29, 1.82) is 0 Å². The van der Waals surface area contributed by atoms with E-state index in [1.165, 1.54) is 29.0 Å². The topological polar surface area (TPSA) is 48.1 Å². The molecule has 3 nitrogen and oxygen atoms in total. The molecule has 1 aromatic heterocycles. The molecule has 0 amide bonds. The smallest absolute Gasteiger partial charge is 0.140 e. The van der Waals surface area contributed by atoms with Gasteiger partial charge in [0.15, 0.2) is 0 Å². The number of benzene rings is 1. The normalized spacial score (nSPS) is 14.5. The maximum Gasteiger partial charge on any atom is 0.140 e. The number of hydrogen-bond acceptors (Lipinski definition) is 4. The van der Waals surface area contributed by atoms with Gasteiger partial charge in [-0.15, -0.1) is 11.3 Å². The zero-order valence-electron chi connectivity index (χ0n) is 11.8. The molecule has 0 spiro atoms. The Hall–Kier alpha value is -1.39. The Bertz CT molecular complexity index is 590. The molecule has 0 saturated heterocycles. The molecule has 20 heavy (non-hydrogen) atoms. The highest BCUT2D eigenvalue weighted by molar-refractivity contribution is 7.11. The molecule has 1 fully saturated rings. The second-order valence-corrected chi connectivity index (χ2v) is 6.31. The SMILES string of the molecule is CCc1ccccc1OCc1nc(C2CC2)c(CN)s1. The summed E-state index contributed by atoms with van der Waals surface area (Å²) >= 11 is 1.70. The summed E-state index contributed by atoms with van der Waals surface area (Å²) in [6.45, 7) is 3.28. The molecule has 0 bridgehead atoms. The lowest BCUT2D eigenvalue weighted by atomic mass is 10.1. The van der Waals surface area contributed by atoms with Gasteiger partial charge in [0.1, 0.15) is 17.4 Å². The van der Waals surface area contributed by atoms with E-state index in [2.05, 4.69) is 13.0 Å². The maximum absolute atomic E-state index is 5.93. The molecule has 3 rings (SSSR count). The maximum atomic E-state index is 5.93. The molecule has 106 valence electrons. The van der Waals surface area contributed by atoms with Crippen LogP contribution in [0.1, 0.15) is 46.8 Å². The zero-order chi connectivity index (χ0) is 13.9. The first-order valence-corrected chi connectivity index (χ1v) is 8.02. The molecular formula is C16H20N2OS. The van der Waals surface area contributed by atoms with Crippen molar-refractivity contribution in [2.45, 2.75) is 45.3 Å². The molecule has 2 N–H and O–H groups in total. The van der Waals surface area contributed by atoms with E-state index in [9.17, 15) is 0 Å². The minimum absolute atomic E-state index is 0.543. The first kappa shape index (κ1) is 13.6. The van der Waals surface area contributed by atoms with Crippen LogP contribution in [0.2, 0.25) is 0 Å². The standard InChI is InChI=1S/C16H20N2OS/c1-2-11-5-3-4-6-13(11)19-10-15-18-16(12-7-8-12)14(9-17)20-15/h3-6,12H,2,7-10,17H2,1H3. The van der Waals surface area contributed by atoms with E-state index >= 15 is 0 Å². The minimum Gasteiger partial charge on any atom is -0.486 e. The van der Waals surface area contributed by atoms with E-state index in [0.717, 1.165) is 17.2 Å². The van der Waals surface area contributed by atoms with Crippen LogP contribution in [0, 0.1) is 0 Å². The summed E-state index contributed by atoms with van der Waals surface area (Å²) < 4.78 is 5.93. The number of ether oxygens (including phenoxy) is 1. The van der Waals surface area contributed by atoms with Gasteiger partial charge in [-0.05, 0) is 30.9 Å². The highest BCUT2D eigenvalue weighted by Gasteiger charge is 2.29. The molecule has 0 atom stereocenters. The Morgan fingerprint density at radius 1 is 1.35 bits per heavy atom. The number of para-hydroxylation sites is 1. The molecule has 0 unspecified atom stereocenters. The number of rotatable bonds is 6. The van der Waals surface area contributed by atoms with Crippen LogP contribution < -0.4 is 10.5 Å². The average molecular weight is 288 g/mol. The van der Waals surface area contributed by atoms with E-state index in [1.54, 1.807) is 11.3 Å². The molecule has 0 radical (unpaired) electrons. The van der Waals surface area contributed by atoms with Crippen molar-refractivity contribution in [2.24, 2.45) is 5.73 Å². The van der Waals surface area contributed by atoms with Crippen molar-refractivity contribution in [1.82, 2.24) is 4.98 Å². The molecule has 2 aromatic rings. The first-order chi connectivity index (χ1) is 9.81. The van der Waals surface area contributed by atoms with Gasteiger partial charge in [0.2, 0.25) is 0 Å². The predicted molar refractivity (Wildman–Crippen MR) is 82.1 cm³/mol. The molecule has 1 saturated carbocycles. The molecular weight excluding hydrogens is 268 g/mol. The predicted octanol–water partition coefficient (Wildman–Crippen LogP) is 3.62. The highest BCUT2D eigenvalue weighted by Crippen LogP contribution is 2.42. The quantitative estimate of drug-likeness (QED) is 0.883. The van der Waals surface area contributed by atoms with Crippen molar-refractivity contribution >= 4 is 11.3 Å². The van der Waals surface area contributed by atoms with Gasteiger partial charge < -0.3 is 10.5 Å². The van der Waals surface area contributed by atoms with E-state index in [0.29, 0.717) is 19.1 Å². The molecule has 0 aliphatic heterocycles. The fraction of sp³-hybridized carbons (Fsp3) is 0.438. The van der Waals surface area contributed by atoms with Crippen LogP contribution in [0.3, 0.4) is 0 Å². The lowest BCUT2D eigenvalue weighted by Crippen LogP contribution is -1.98. The van der Waals surface area contributed by atoms with Crippen LogP contribution in [0.4, 0.5) is 0 Å². The fourth-order valence-electron chi connectivity index (χ4n) is 2.37. The first-order valence-electron chi connectivity index (χ1n) is 7.21. The van der Waals surface area contributed by atoms with Gasteiger partial charge in [0.25, 0.3) is 0 Å². The molecule has 1 heterocycles. The Morgan fingerprint density at radius 2 is 2.15 bits per heavy atom. The van der Waals surface area contributed by atoms with E-state index in [4.69, 9.17) is 15.5 Å². The summed E-state index contributed by atoms with van der Waals surface area (Å²) in [4.78, 5) is 5.96. The summed E-state index contributed by atoms with van der Waals surface area (Å²) in [6.07, 6.45) is 3.50. The van der Waals surface area contributed by atoms with E-state index in [-0.39, 0.29) is 0 Å². The zero-order valence-corrected chi connectivity index (χ0v) is 12.6. The van der Waals surface area contributed by atoms with E-state index in [1.807, 2.05) is 18.2 Å². The van der Waals surface area contributed by atoms with Crippen LogP contribution >= 0.6 is 11.3 Å². The van der Waals surface area contributed by atoms with Crippen LogP contribution in [0.5, 0.6) is 5.75 Å². The van der Waals surface area contributed by atoms with Crippen LogP contribution in [-0.4, -0.2) is 4.98 Å². The van der Waals surface area contributed by atoms with Crippen molar-refractivity contribution in [2.75, 3.05) is 0 Å². The lowest BCUT2D eigenvalue weighted by molar-refractivity contribution is 0.302. The summed E-state index contributed by atoms with van der Waals surface area (Å²) in [5.74, 6) is 1.62. The van der Waals surface area contributed by atoms with Crippen LogP contribution in [0.25, 0.3) is 0 Å². The Morgan fingerprint density at radius 3 is 2.85 bits per heavy atom. The highest BCUT2D eigenvalue weighted by atomic mass is 32.1. The third kappa shape index (κ3) is 2.86. The third-order valence-corrected chi connectivity index (χ3v) is 4.69. The fourth-order valence-corrected chi connectivity index (χ4v) is 3.32. The van der Waals surface area contributed by atoms with Gasteiger partial charge in [-0.25, -0.2) is 4.98 Å². The second kappa shape index (κ2) is 5.94. The molecule has 4 heteroatoms. The van der Waals surface area contributed by atoms with Crippen molar-refractivity contribution in [3.8, 4) is 5.75 Å². The average Bonchev–Trinajstić information content (AvgIpc) is 3.25. The number of nitrogens with zero attached hydrogens (tertiary/aromatic N) is 1. The Balaban J connectivity index is 1.72. The van der Waals surface area contributed by atoms with Gasteiger partial charge >= 0.3 is 0 Å². The van der Waals surface area contributed by atoms with Gasteiger partial charge in [-0.1, -0.05) is 25.1 Å². The molecule has 1 aliphatic rings. The number of nitrogens with two attached hydrogens (primary N) is 1. The monoisotopic (exact) mass is 288 g/mol. The van der Waals surface area contributed by atoms with Gasteiger partial charge in [-0.2, -0.15) is 0 Å². The number of hydrogen-bond donors (Lipinski definition) is 1. The summed E-state index contributed by atoms with van der Waals surface area (Å²) in [5, 5.41) is 1.04. The lowest BCUT2D eigenvalue weighted by Gasteiger charge is -2.08. The Labute approximate surface area is 123 Å². The summed E-state index contributed by atoms with van der Waals surface area (Å²) in [7, 11) is 0. The number of aryl methyl sites for hydroxylation is 1. The number of aromatic nitrogens is 1. The van der Waals surface area contributed by atoms with Crippen LogP contribution in [0.15, 0.2) is 24.3 Å². The van der Waals surface area contributed by atoms with Crippen LogP contribution in [-0.2, 0) is 19.6 Å². The third-order valence-electron chi connectivity index (χ3n) is 3.63. The Kier molecular flexibility index (Phi) is 4.03. The number of thiazole rings is 1. The minimum atomic E-state index is 0.543. The second-order valence-electron chi connectivity index (χ2n) is 5.14. The van der Waals surface area contributed by atoms with Crippen molar-refractivity contribution < 1.29 is 4.74 Å². The van der Waals surface area contributed by atoms with Crippen molar-refractivity contribution in [3.63, 3.8) is 0 Å². The van der Waals surface area contributed by atoms with Gasteiger partial charge in [-0.3, -0.25) is 0 Å². The van der Waals surface area contributed by atoms with Crippen molar-refractivity contribution in [3.05, 3.63) is 45.4 Å². The molecule has 1 aliphatic carbocycles. The van der Waals surface area contributed by atoms with E-state index < -0.39 is 0 Å². The summed E-state index contributed by atoms with van der Waals surface area (Å²) in [6, 6.07) is 8.19. The largest absolute Gasteiger partial charge is 0.486 e. The van der Waals surface area contributed by atoms with Gasteiger partial charge in [0, 0.05) is 17.3 Å². The molecule has 1 aromatic carbocycles. The van der Waals surface area contributed by atoms with Gasteiger partial charge in [0.05, 0.1) is 5.69 Å².